The highest BCUT2D eigenvalue weighted by atomic mass is 35.5. The molecule has 1 aromatic heterocycles. The molecule has 0 spiro atoms. The lowest BCUT2D eigenvalue weighted by molar-refractivity contribution is -0.113. The Kier molecular flexibility index (Phi) is 6.97. The number of hydrogen-bond acceptors (Lipinski definition) is 6. The van der Waals surface area contributed by atoms with E-state index in [2.05, 4.69) is 22.8 Å². The van der Waals surface area contributed by atoms with Gasteiger partial charge in [-0.25, -0.2) is 4.68 Å². The molecule has 1 amide bonds. The number of halogens is 1. The summed E-state index contributed by atoms with van der Waals surface area (Å²) >= 11 is 7.71. The highest BCUT2D eigenvalue weighted by Crippen LogP contribution is 2.37. The second-order valence-electron chi connectivity index (χ2n) is 8.24. The van der Waals surface area contributed by atoms with Gasteiger partial charge < -0.3 is 15.4 Å². The van der Waals surface area contributed by atoms with Crippen molar-refractivity contribution in [1.29, 1.82) is 0 Å². The Hall–Kier alpha value is -3.75. The maximum absolute atomic E-state index is 13.6. The number of rotatable bonds is 7. The lowest BCUT2D eigenvalue weighted by Crippen LogP contribution is -2.31. The van der Waals surface area contributed by atoms with Gasteiger partial charge in [-0.05, 0) is 54.4 Å². The molecule has 1 aliphatic rings. The maximum Gasteiger partial charge on any atom is 0.255 e. The zero-order chi connectivity index (χ0) is 25.1. The quantitative estimate of drug-likeness (QED) is 0.286. The predicted octanol–water partition coefficient (Wildman–Crippen LogP) is 6.16. The molecule has 0 aliphatic carbocycles. The Morgan fingerprint density at radius 3 is 2.50 bits per heavy atom. The largest absolute Gasteiger partial charge is 0.497 e. The SMILES string of the molecule is COc1ccc(NC(=O)C2=C(C)Nc3nc(SCc4ccccc4)nn3[C@@H]2c2ccc(Cl)cc2)cc1. The molecule has 7 nitrogen and oxygen atoms in total. The van der Waals surface area contributed by atoms with Crippen molar-refractivity contribution in [3.63, 3.8) is 0 Å². The van der Waals surface area contributed by atoms with Crippen LogP contribution in [-0.2, 0) is 10.5 Å². The van der Waals surface area contributed by atoms with Gasteiger partial charge in [0.05, 0.1) is 12.7 Å². The normalized spacial score (nSPS) is 14.7. The fraction of sp³-hybridized carbons (Fsp3) is 0.148. The minimum absolute atomic E-state index is 0.232. The van der Waals surface area contributed by atoms with Gasteiger partial charge in [0.2, 0.25) is 11.1 Å². The smallest absolute Gasteiger partial charge is 0.255 e. The number of ether oxygens (including phenoxy) is 1. The van der Waals surface area contributed by atoms with Gasteiger partial charge in [0, 0.05) is 22.2 Å². The summed E-state index contributed by atoms with van der Waals surface area (Å²) in [6.07, 6.45) is 0. The molecule has 3 aromatic carbocycles. The first-order chi connectivity index (χ1) is 17.5. The average Bonchev–Trinajstić information content (AvgIpc) is 3.30. The van der Waals surface area contributed by atoms with E-state index in [9.17, 15) is 4.79 Å². The van der Waals surface area contributed by atoms with Crippen LogP contribution in [0.25, 0.3) is 0 Å². The fourth-order valence-electron chi connectivity index (χ4n) is 4.03. The van der Waals surface area contributed by atoms with Crippen LogP contribution in [0.4, 0.5) is 11.6 Å². The van der Waals surface area contributed by atoms with Crippen molar-refractivity contribution in [1.82, 2.24) is 14.8 Å². The molecule has 182 valence electrons. The molecule has 1 atom stereocenters. The van der Waals surface area contributed by atoms with E-state index in [1.54, 1.807) is 47.8 Å². The van der Waals surface area contributed by atoms with Crippen LogP contribution in [-0.4, -0.2) is 27.8 Å². The number of benzene rings is 3. The molecule has 2 N–H and O–H groups in total. The molecule has 1 aliphatic heterocycles. The van der Waals surface area contributed by atoms with Crippen molar-refractivity contribution >= 4 is 40.9 Å². The second-order valence-corrected chi connectivity index (χ2v) is 9.62. The zero-order valence-corrected chi connectivity index (χ0v) is 21.3. The number of thioether (sulfide) groups is 1. The lowest BCUT2D eigenvalue weighted by Gasteiger charge is -2.28. The van der Waals surface area contributed by atoms with E-state index in [-0.39, 0.29) is 5.91 Å². The van der Waals surface area contributed by atoms with Crippen molar-refractivity contribution in [3.05, 3.63) is 106 Å². The Bertz CT molecular complexity index is 1400. The molecule has 0 fully saturated rings. The Morgan fingerprint density at radius 1 is 1.08 bits per heavy atom. The van der Waals surface area contributed by atoms with Crippen molar-refractivity contribution in [3.8, 4) is 5.75 Å². The summed E-state index contributed by atoms with van der Waals surface area (Å²) in [5.41, 5.74) is 3.99. The first-order valence-corrected chi connectivity index (χ1v) is 12.7. The number of aromatic nitrogens is 3. The summed E-state index contributed by atoms with van der Waals surface area (Å²) in [6, 6.07) is 24.4. The molecule has 2 heterocycles. The van der Waals surface area contributed by atoms with Gasteiger partial charge in [-0.3, -0.25) is 4.79 Å². The maximum atomic E-state index is 13.6. The summed E-state index contributed by atoms with van der Waals surface area (Å²) in [5.74, 6) is 1.82. The van der Waals surface area contributed by atoms with Gasteiger partial charge in [0.25, 0.3) is 5.91 Å². The number of carbonyl (C=O) groups is 1. The number of methoxy groups -OCH3 is 1. The first kappa shape index (κ1) is 24.0. The zero-order valence-electron chi connectivity index (χ0n) is 19.7. The van der Waals surface area contributed by atoms with Crippen molar-refractivity contribution in [2.24, 2.45) is 0 Å². The first-order valence-electron chi connectivity index (χ1n) is 11.3. The van der Waals surface area contributed by atoms with Gasteiger partial charge in [0.15, 0.2) is 0 Å². The van der Waals surface area contributed by atoms with Gasteiger partial charge in [-0.2, -0.15) is 4.98 Å². The van der Waals surface area contributed by atoms with E-state index in [0.717, 1.165) is 17.1 Å². The van der Waals surface area contributed by atoms with Gasteiger partial charge in [-0.1, -0.05) is 65.8 Å². The molecular formula is C27H24ClN5O2S. The molecule has 5 rings (SSSR count). The molecule has 0 saturated heterocycles. The molecular weight excluding hydrogens is 494 g/mol. The number of carbonyl (C=O) groups excluding carboxylic acids is 1. The average molecular weight is 518 g/mol. The van der Waals surface area contributed by atoms with Gasteiger partial charge >= 0.3 is 0 Å². The van der Waals surface area contributed by atoms with E-state index in [1.807, 2.05) is 49.4 Å². The van der Waals surface area contributed by atoms with Crippen LogP contribution < -0.4 is 15.4 Å². The van der Waals surface area contributed by atoms with E-state index >= 15 is 0 Å². The van der Waals surface area contributed by atoms with Crippen molar-refractivity contribution < 1.29 is 9.53 Å². The Labute approximate surface area is 218 Å². The number of anilines is 2. The van der Waals surface area contributed by atoms with Crippen LogP contribution in [0.1, 0.15) is 24.1 Å². The number of fused-ring (bicyclic) bond motifs is 1. The topological polar surface area (TPSA) is 81.1 Å². The fourth-order valence-corrected chi connectivity index (χ4v) is 4.95. The third-order valence-corrected chi connectivity index (χ3v) is 6.98. The third-order valence-electron chi connectivity index (χ3n) is 5.82. The molecule has 4 aromatic rings. The molecule has 9 heteroatoms. The molecule has 0 unspecified atom stereocenters. The summed E-state index contributed by atoms with van der Waals surface area (Å²) in [7, 11) is 1.61. The molecule has 0 radical (unpaired) electrons. The van der Waals surface area contributed by atoms with E-state index in [1.165, 1.54) is 5.56 Å². The molecule has 0 bridgehead atoms. The monoisotopic (exact) mass is 517 g/mol. The van der Waals surface area contributed by atoms with Crippen LogP contribution in [0, 0.1) is 0 Å². The standard InChI is InChI=1S/C27H24ClN5O2S/c1-17-23(25(34)30-21-12-14-22(35-2)15-13-21)24(19-8-10-20(28)11-9-19)33-26(29-17)31-27(32-33)36-16-18-6-4-3-5-7-18/h3-15,24H,16H2,1-2H3,(H,30,34)(H,29,31,32)/t24-/m1/s1. The number of amides is 1. The van der Waals surface area contributed by atoms with Crippen LogP contribution >= 0.6 is 23.4 Å². The summed E-state index contributed by atoms with van der Waals surface area (Å²) < 4.78 is 6.99. The number of nitrogens with zero attached hydrogens (tertiary/aromatic N) is 3. The minimum Gasteiger partial charge on any atom is -0.497 e. The van der Waals surface area contributed by atoms with Crippen LogP contribution in [0.15, 0.2) is 95.3 Å². The van der Waals surface area contributed by atoms with Crippen molar-refractivity contribution in [2.45, 2.75) is 23.9 Å². The molecule has 0 saturated carbocycles. The Balaban J connectivity index is 1.47. The number of allylic oxidation sites excluding steroid dienone is 1. The highest BCUT2D eigenvalue weighted by molar-refractivity contribution is 7.98. The van der Waals surface area contributed by atoms with Crippen LogP contribution in [0.2, 0.25) is 5.02 Å². The molecule has 36 heavy (non-hydrogen) atoms. The lowest BCUT2D eigenvalue weighted by atomic mass is 9.95. The van der Waals surface area contributed by atoms with E-state index in [0.29, 0.717) is 33.1 Å². The second kappa shape index (κ2) is 10.5. The van der Waals surface area contributed by atoms with Crippen LogP contribution in [0.5, 0.6) is 5.75 Å². The number of nitrogens with one attached hydrogen (secondary N) is 2. The van der Waals surface area contributed by atoms with Gasteiger partial charge in [-0.15, -0.1) is 5.10 Å². The number of hydrogen-bond donors (Lipinski definition) is 2. The summed E-state index contributed by atoms with van der Waals surface area (Å²) in [4.78, 5) is 18.3. The van der Waals surface area contributed by atoms with Crippen molar-refractivity contribution in [2.75, 3.05) is 17.7 Å². The summed E-state index contributed by atoms with van der Waals surface area (Å²) in [6.45, 7) is 1.88. The summed E-state index contributed by atoms with van der Waals surface area (Å²) in [5, 5.41) is 12.3. The highest BCUT2D eigenvalue weighted by Gasteiger charge is 2.34. The predicted molar refractivity (Wildman–Crippen MR) is 144 cm³/mol. The minimum atomic E-state index is -0.477. The van der Waals surface area contributed by atoms with E-state index < -0.39 is 6.04 Å². The van der Waals surface area contributed by atoms with Crippen LogP contribution in [0.3, 0.4) is 0 Å². The van der Waals surface area contributed by atoms with Gasteiger partial charge in [0.1, 0.15) is 11.8 Å². The Morgan fingerprint density at radius 2 is 1.81 bits per heavy atom. The van der Waals surface area contributed by atoms with E-state index in [4.69, 9.17) is 26.4 Å². The third kappa shape index (κ3) is 5.10.